The Kier molecular flexibility index (Phi) is 3.59. The highest BCUT2D eigenvalue weighted by Crippen LogP contribution is 2.33. The van der Waals surface area contributed by atoms with E-state index >= 15 is 0 Å². The first-order valence-electron chi connectivity index (χ1n) is 5.65. The fourth-order valence-electron chi connectivity index (χ4n) is 1.64. The summed E-state index contributed by atoms with van der Waals surface area (Å²) in [5.41, 5.74) is 0. The molecular formula is C13H16FO. The summed E-state index contributed by atoms with van der Waals surface area (Å²) < 4.78 is 18.4. The predicted octanol–water partition coefficient (Wildman–Crippen LogP) is 3.58. The van der Waals surface area contributed by atoms with Crippen molar-refractivity contribution in [2.75, 3.05) is 6.61 Å². The maximum Gasteiger partial charge on any atom is 0.172 e. The van der Waals surface area contributed by atoms with Crippen molar-refractivity contribution >= 4 is 0 Å². The van der Waals surface area contributed by atoms with E-state index in [-0.39, 0.29) is 5.82 Å². The van der Waals surface area contributed by atoms with E-state index in [4.69, 9.17) is 4.74 Å². The van der Waals surface area contributed by atoms with Gasteiger partial charge in [-0.05, 0) is 24.8 Å². The van der Waals surface area contributed by atoms with Crippen LogP contribution in [-0.4, -0.2) is 6.61 Å². The van der Waals surface area contributed by atoms with Crippen molar-refractivity contribution in [1.82, 2.24) is 0 Å². The lowest BCUT2D eigenvalue weighted by molar-refractivity contribution is 0.289. The second kappa shape index (κ2) is 5.15. The number of unbranched alkanes of at least 4 members (excludes halogenated alkanes) is 1. The van der Waals surface area contributed by atoms with E-state index in [1.807, 2.05) is 0 Å². The molecule has 1 saturated carbocycles. The van der Waals surface area contributed by atoms with Crippen molar-refractivity contribution in [3.05, 3.63) is 30.1 Å². The first-order chi connectivity index (χ1) is 7.36. The molecule has 81 valence electrons. The summed E-state index contributed by atoms with van der Waals surface area (Å²) in [4.78, 5) is 0. The smallest absolute Gasteiger partial charge is 0.172 e. The zero-order valence-corrected chi connectivity index (χ0v) is 8.84. The van der Waals surface area contributed by atoms with Crippen LogP contribution in [0.25, 0.3) is 0 Å². The fraction of sp³-hybridized carbons (Fsp3) is 0.538. The van der Waals surface area contributed by atoms with Crippen LogP contribution in [0.2, 0.25) is 0 Å². The fourth-order valence-corrected chi connectivity index (χ4v) is 1.64. The largest absolute Gasteiger partial charge is 0.490 e. The van der Waals surface area contributed by atoms with Crippen LogP contribution in [0.15, 0.2) is 18.2 Å². The number of benzene rings is 1. The lowest BCUT2D eigenvalue weighted by Crippen LogP contribution is -1.99. The number of hydrogen-bond acceptors (Lipinski definition) is 1. The van der Waals surface area contributed by atoms with Crippen molar-refractivity contribution in [2.24, 2.45) is 5.92 Å². The normalized spacial score (nSPS) is 15.3. The SMILES string of the molecule is Fc1[c]cccc1OCCCCC1CC1. The molecule has 1 fully saturated rings. The molecule has 0 spiro atoms. The summed E-state index contributed by atoms with van der Waals surface area (Å²) >= 11 is 0. The third kappa shape index (κ3) is 3.54. The Hall–Kier alpha value is -1.05. The zero-order valence-electron chi connectivity index (χ0n) is 8.84. The lowest BCUT2D eigenvalue weighted by Gasteiger charge is -2.06. The molecule has 0 N–H and O–H groups in total. The predicted molar refractivity (Wildman–Crippen MR) is 57.3 cm³/mol. The Morgan fingerprint density at radius 2 is 2.27 bits per heavy atom. The van der Waals surface area contributed by atoms with Crippen molar-refractivity contribution in [2.45, 2.75) is 32.1 Å². The van der Waals surface area contributed by atoms with E-state index in [2.05, 4.69) is 6.07 Å². The van der Waals surface area contributed by atoms with Crippen molar-refractivity contribution in [3.63, 3.8) is 0 Å². The van der Waals surface area contributed by atoms with Gasteiger partial charge in [0.15, 0.2) is 11.6 Å². The quantitative estimate of drug-likeness (QED) is 0.648. The van der Waals surface area contributed by atoms with E-state index < -0.39 is 0 Å². The topological polar surface area (TPSA) is 9.23 Å². The highest BCUT2D eigenvalue weighted by atomic mass is 19.1. The van der Waals surface area contributed by atoms with Crippen molar-refractivity contribution in [3.8, 4) is 5.75 Å². The molecule has 0 atom stereocenters. The molecule has 1 aromatic carbocycles. The zero-order chi connectivity index (χ0) is 10.5. The summed E-state index contributed by atoms with van der Waals surface area (Å²) in [5, 5.41) is 0. The van der Waals surface area contributed by atoms with E-state index in [1.54, 1.807) is 18.2 Å². The van der Waals surface area contributed by atoms with E-state index in [1.165, 1.54) is 25.7 Å². The maximum atomic E-state index is 13.1. The molecule has 0 aliphatic heterocycles. The number of ether oxygens (including phenoxy) is 1. The van der Waals surface area contributed by atoms with Gasteiger partial charge in [0.05, 0.1) is 6.61 Å². The van der Waals surface area contributed by atoms with E-state index in [0.717, 1.165) is 12.3 Å². The van der Waals surface area contributed by atoms with Gasteiger partial charge in [0.2, 0.25) is 0 Å². The highest BCUT2D eigenvalue weighted by Gasteiger charge is 2.19. The molecule has 2 heteroatoms. The van der Waals surface area contributed by atoms with Crippen LogP contribution in [0.4, 0.5) is 4.39 Å². The third-order valence-corrected chi connectivity index (χ3v) is 2.73. The molecule has 0 bridgehead atoms. The van der Waals surface area contributed by atoms with Gasteiger partial charge in [0, 0.05) is 6.07 Å². The minimum absolute atomic E-state index is 0.323. The van der Waals surface area contributed by atoms with Crippen LogP contribution in [-0.2, 0) is 0 Å². The Bertz CT molecular complexity index is 307. The van der Waals surface area contributed by atoms with Gasteiger partial charge >= 0.3 is 0 Å². The molecule has 0 unspecified atom stereocenters. The minimum Gasteiger partial charge on any atom is -0.490 e. The Labute approximate surface area is 90.3 Å². The summed E-state index contributed by atoms with van der Waals surface area (Å²) in [6.45, 7) is 0.613. The molecule has 0 aromatic heterocycles. The van der Waals surface area contributed by atoms with E-state index in [0.29, 0.717) is 12.4 Å². The van der Waals surface area contributed by atoms with E-state index in [9.17, 15) is 4.39 Å². The molecule has 1 aliphatic carbocycles. The Morgan fingerprint density at radius 1 is 1.40 bits per heavy atom. The third-order valence-electron chi connectivity index (χ3n) is 2.73. The second-order valence-electron chi connectivity index (χ2n) is 4.14. The van der Waals surface area contributed by atoms with Crippen LogP contribution in [0.5, 0.6) is 5.75 Å². The molecule has 1 aliphatic rings. The van der Waals surface area contributed by atoms with Gasteiger partial charge < -0.3 is 4.74 Å². The number of hydrogen-bond donors (Lipinski definition) is 0. The second-order valence-corrected chi connectivity index (χ2v) is 4.14. The summed E-state index contributed by atoms with van der Waals surface area (Å²) in [6.07, 6.45) is 6.34. The van der Waals surface area contributed by atoms with Gasteiger partial charge in [-0.25, -0.2) is 4.39 Å². The summed E-state index contributed by atoms with van der Waals surface area (Å²) in [6, 6.07) is 7.41. The standard InChI is InChI=1S/C13H16FO/c14-12-6-1-2-7-13(12)15-10-4-3-5-11-8-9-11/h1-2,7,11H,3-5,8-10H2. The molecule has 1 nitrogen and oxygen atoms in total. The van der Waals surface area contributed by atoms with Crippen LogP contribution in [0.3, 0.4) is 0 Å². The van der Waals surface area contributed by atoms with Crippen molar-refractivity contribution in [1.29, 1.82) is 0 Å². The number of halogens is 1. The van der Waals surface area contributed by atoms with Gasteiger partial charge in [-0.1, -0.05) is 31.4 Å². The molecule has 0 saturated heterocycles. The van der Waals surface area contributed by atoms with Gasteiger partial charge in [0.1, 0.15) is 0 Å². The van der Waals surface area contributed by atoms with Gasteiger partial charge in [-0.3, -0.25) is 0 Å². The average Bonchev–Trinajstić information content (AvgIpc) is 3.04. The minimum atomic E-state index is -0.389. The van der Waals surface area contributed by atoms with Crippen LogP contribution in [0.1, 0.15) is 32.1 Å². The van der Waals surface area contributed by atoms with Crippen LogP contribution < -0.4 is 4.74 Å². The monoisotopic (exact) mass is 207 g/mol. The number of rotatable bonds is 6. The Balaban J connectivity index is 1.62. The molecule has 0 amide bonds. The maximum absolute atomic E-state index is 13.1. The highest BCUT2D eigenvalue weighted by molar-refractivity contribution is 5.22. The van der Waals surface area contributed by atoms with Crippen LogP contribution >= 0.6 is 0 Å². The molecule has 1 radical (unpaired) electrons. The Morgan fingerprint density at radius 3 is 3.00 bits per heavy atom. The first-order valence-corrected chi connectivity index (χ1v) is 5.65. The van der Waals surface area contributed by atoms with Gasteiger partial charge in [-0.2, -0.15) is 0 Å². The molecule has 1 aromatic rings. The van der Waals surface area contributed by atoms with Gasteiger partial charge in [-0.15, -0.1) is 0 Å². The molecule has 15 heavy (non-hydrogen) atoms. The van der Waals surface area contributed by atoms with Gasteiger partial charge in [0.25, 0.3) is 0 Å². The summed E-state index contributed by atoms with van der Waals surface area (Å²) in [5.74, 6) is 0.912. The lowest BCUT2D eigenvalue weighted by atomic mass is 10.2. The van der Waals surface area contributed by atoms with Crippen molar-refractivity contribution < 1.29 is 9.13 Å². The first kappa shape index (κ1) is 10.5. The average molecular weight is 207 g/mol. The molecular weight excluding hydrogens is 191 g/mol. The summed E-state index contributed by atoms with van der Waals surface area (Å²) in [7, 11) is 0. The molecule has 0 heterocycles. The molecule has 2 rings (SSSR count). The van der Waals surface area contributed by atoms with Crippen LogP contribution in [0, 0.1) is 17.8 Å².